The molecule has 1 nitrogen and oxygen atoms in total. The molecule has 0 aliphatic carbocycles. The van der Waals surface area contributed by atoms with E-state index in [1.807, 2.05) is 0 Å². The average Bonchev–Trinajstić information content (AvgIpc) is 1.92. The highest BCUT2D eigenvalue weighted by Gasteiger charge is 2.31. The van der Waals surface area contributed by atoms with Crippen molar-refractivity contribution in [1.29, 1.82) is 0 Å². The molecule has 0 radical (unpaired) electrons. The molecule has 0 aliphatic heterocycles. The van der Waals surface area contributed by atoms with Gasteiger partial charge in [-0.25, -0.2) is 4.98 Å². The van der Waals surface area contributed by atoms with Crippen molar-refractivity contribution >= 4 is 22.6 Å². The van der Waals surface area contributed by atoms with Gasteiger partial charge in [0, 0.05) is 6.20 Å². The van der Waals surface area contributed by atoms with Gasteiger partial charge in [-0.05, 0) is 28.7 Å². The molecule has 1 heterocycles. The zero-order chi connectivity index (χ0) is 9.35. The average molecular weight is 291 g/mol. The first-order valence-electron chi connectivity index (χ1n) is 2.79. The van der Waals surface area contributed by atoms with Crippen molar-refractivity contribution in [2.24, 2.45) is 0 Å². The molecule has 0 aliphatic rings. The third-order valence-corrected chi connectivity index (χ3v) is 1.88. The summed E-state index contributed by atoms with van der Waals surface area (Å²) in [6.45, 7) is 0. The molecule has 0 spiro atoms. The van der Waals surface area contributed by atoms with Crippen LogP contribution in [0.2, 0.25) is 0 Å². The fourth-order valence-electron chi connectivity index (χ4n) is 0.576. The smallest absolute Gasteiger partial charge is 0.227 e. The predicted molar refractivity (Wildman–Crippen MR) is 41.9 cm³/mol. The van der Waals surface area contributed by atoms with Crippen LogP contribution in [0.5, 0.6) is 0 Å². The summed E-state index contributed by atoms with van der Waals surface area (Å²) in [5.74, 6) is -0.886. The summed E-state index contributed by atoms with van der Waals surface area (Å²) < 4.78 is 48.1. The number of halogens is 5. The molecule has 0 saturated carbocycles. The number of pyridine rings is 1. The van der Waals surface area contributed by atoms with E-state index in [0.29, 0.717) is 12.3 Å². The lowest BCUT2D eigenvalue weighted by Gasteiger charge is -2.05. The number of hydrogen-bond acceptors (Lipinski definition) is 1. The summed E-state index contributed by atoms with van der Waals surface area (Å²) >= 11 is 1.45. The van der Waals surface area contributed by atoms with E-state index in [4.69, 9.17) is 0 Å². The van der Waals surface area contributed by atoms with Gasteiger partial charge < -0.3 is 0 Å². The largest absolute Gasteiger partial charge is 0.417 e. The topological polar surface area (TPSA) is 12.9 Å². The van der Waals surface area contributed by atoms with Gasteiger partial charge in [-0.1, -0.05) is 0 Å². The Morgan fingerprint density at radius 3 is 2.33 bits per heavy atom. The van der Waals surface area contributed by atoms with Gasteiger partial charge in [-0.2, -0.15) is 17.6 Å². The quantitative estimate of drug-likeness (QED) is 0.407. The number of rotatable bonds is 0. The Morgan fingerprint density at radius 2 is 1.92 bits per heavy atom. The summed E-state index contributed by atoms with van der Waals surface area (Å²) in [4.78, 5) is 2.95. The Morgan fingerprint density at radius 1 is 1.33 bits per heavy atom. The summed E-state index contributed by atoms with van der Waals surface area (Å²) in [5.41, 5.74) is -0.937. The van der Waals surface area contributed by atoms with Crippen LogP contribution in [0.25, 0.3) is 0 Å². The zero-order valence-corrected chi connectivity index (χ0v) is 7.65. The highest BCUT2D eigenvalue weighted by atomic mass is 127. The minimum Gasteiger partial charge on any atom is -0.227 e. The maximum Gasteiger partial charge on any atom is 0.417 e. The van der Waals surface area contributed by atoms with Crippen molar-refractivity contribution in [3.05, 3.63) is 27.3 Å². The molecule has 1 rings (SSSR count). The highest BCUT2D eigenvalue weighted by Crippen LogP contribution is 2.29. The molecule has 1 aromatic rings. The molecule has 0 saturated heterocycles. The van der Waals surface area contributed by atoms with Crippen molar-refractivity contribution in [3.8, 4) is 0 Å². The Labute approximate surface area is 78.9 Å². The van der Waals surface area contributed by atoms with Crippen LogP contribution >= 0.6 is 22.6 Å². The van der Waals surface area contributed by atoms with Crippen molar-refractivity contribution in [2.45, 2.75) is 6.18 Å². The molecule has 0 bridgehead atoms. The third-order valence-electron chi connectivity index (χ3n) is 1.12. The van der Waals surface area contributed by atoms with Crippen LogP contribution in [0.15, 0.2) is 12.3 Å². The van der Waals surface area contributed by atoms with Gasteiger partial charge >= 0.3 is 6.18 Å². The van der Waals surface area contributed by atoms with Crippen molar-refractivity contribution in [3.63, 3.8) is 0 Å². The van der Waals surface area contributed by atoms with E-state index in [1.165, 1.54) is 22.6 Å². The van der Waals surface area contributed by atoms with E-state index < -0.39 is 17.7 Å². The molecule has 12 heavy (non-hydrogen) atoms. The molecule has 0 amide bonds. The SMILES string of the molecule is Fc1ncc(C(F)(F)F)cc1I. The Balaban J connectivity index is 3.14. The Kier molecular flexibility index (Phi) is 2.55. The van der Waals surface area contributed by atoms with E-state index in [2.05, 4.69) is 4.98 Å². The number of nitrogens with zero attached hydrogens (tertiary/aromatic N) is 1. The normalized spacial score (nSPS) is 11.8. The number of aromatic nitrogens is 1. The van der Waals surface area contributed by atoms with Crippen molar-refractivity contribution < 1.29 is 17.6 Å². The summed E-state index contributed by atoms with van der Waals surface area (Å²) in [7, 11) is 0. The first-order chi connectivity index (χ1) is 5.41. The van der Waals surface area contributed by atoms with Gasteiger partial charge in [0.05, 0.1) is 9.13 Å². The molecule has 0 atom stereocenters. The maximum absolute atomic E-state index is 12.4. The molecule has 0 aromatic carbocycles. The predicted octanol–water partition coefficient (Wildman–Crippen LogP) is 2.84. The summed E-state index contributed by atoms with van der Waals surface area (Å²) in [6.07, 6.45) is -3.99. The van der Waals surface area contributed by atoms with Gasteiger partial charge in [0.15, 0.2) is 0 Å². The number of alkyl halides is 3. The molecule has 0 unspecified atom stereocenters. The maximum atomic E-state index is 12.4. The minimum atomic E-state index is -4.46. The molecule has 0 N–H and O–H groups in total. The van der Waals surface area contributed by atoms with Crippen LogP contribution in [0, 0.1) is 9.52 Å². The summed E-state index contributed by atoms with van der Waals surface area (Å²) in [6, 6.07) is 0.711. The Bertz CT molecular complexity index is 296. The monoisotopic (exact) mass is 291 g/mol. The van der Waals surface area contributed by atoms with Gasteiger partial charge in [0.25, 0.3) is 0 Å². The van der Waals surface area contributed by atoms with Crippen molar-refractivity contribution in [1.82, 2.24) is 4.98 Å². The second-order valence-corrected chi connectivity index (χ2v) is 3.16. The van der Waals surface area contributed by atoms with E-state index >= 15 is 0 Å². The molecule has 66 valence electrons. The molecule has 1 aromatic heterocycles. The second kappa shape index (κ2) is 3.15. The van der Waals surface area contributed by atoms with E-state index in [1.54, 1.807) is 0 Å². The number of hydrogen-bond donors (Lipinski definition) is 0. The van der Waals surface area contributed by atoms with Gasteiger partial charge in [0.1, 0.15) is 0 Å². The van der Waals surface area contributed by atoms with Crippen LogP contribution in [0.3, 0.4) is 0 Å². The Hall–Kier alpha value is -0.400. The fourth-order valence-corrected chi connectivity index (χ4v) is 1.05. The standard InChI is InChI=1S/C6H2F4IN/c7-5-4(11)1-3(2-12-5)6(8,9)10/h1-2H. The minimum absolute atomic E-state index is 0.137. The zero-order valence-electron chi connectivity index (χ0n) is 5.49. The van der Waals surface area contributed by atoms with Gasteiger partial charge in [0.2, 0.25) is 5.95 Å². The van der Waals surface area contributed by atoms with E-state index in [-0.39, 0.29) is 3.57 Å². The molecular formula is C6H2F4IN. The van der Waals surface area contributed by atoms with Crippen LogP contribution in [-0.2, 0) is 6.18 Å². The fraction of sp³-hybridized carbons (Fsp3) is 0.167. The van der Waals surface area contributed by atoms with Crippen LogP contribution in [0.1, 0.15) is 5.56 Å². The van der Waals surface area contributed by atoms with Crippen LogP contribution < -0.4 is 0 Å². The van der Waals surface area contributed by atoms with Crippen LogP contribution in [-0.4, -0.2) is 4.98 Å². The van der Waals surface area contributed by atoms with E-state index in [9.17, 15) is 17.6 Å². The first-order valence-corrected chi connectivity index (χ1v) is 3.87. The van der Waals surface area contributed by atoms with Gasteiger partial charge in [-0.3, -0.25) is 0 Å². The second-order valence-electron chi connectivity index (χ2n) is 1.99. The lowest BCUT2D eigenvalue weighted by molar-refractivity contribution is -0.137. The molecule has 6 heteroatoms. The first kappa shape index (κ1) is 9.69. The molecular weight excluding hydrogens is 289 g/mol. The van der Waals surface area contributed by atoms with Crippen LogP contribution in [0.4, 0.5) is 17.6 Å². The molecule has 0 fully saturated rings. The van der Waals surface area contributed by atoms with Crippen molar-refractivity contribution in [2.75, 3.05) is 0 Å². The lowest BCUT2D eigenvalue weighted by Crippen LogP contribution is -2.06. The van der Waals surface area contributed by atoms with E-state index in [0.717, 1.165) is 0 Å². The third kappa shape index (κ3) is 2.05. The summed E-state index contributed by atoms with van der Waals surface area (Å²) in [5, 5.41) is 0. The lowest BCUT2D eigenvalue weighted by atomic mass is 10.3. The van der Waals surface area contributed by atoms with Gasteiger partial charge in [-0.15, -0.1) is 0 Å². The highest BCUT2D eigenvalue weighted by molar-refractivity contribution is 14.1.